The number of hydrogen-bond donors (Lipinski definition) is 1. The molecular weight excluding hydrogens is 279 g/mol. The third kappa shape index (κ3) is 4.13. The highest BCUT2D eigenvalue weighted by atomic mass is 35.5. The van der Waals surface area contributed by atoms with Crippen molar-refractivity contribution in [1.29, 1.82) is 5.41 Å². The molecule has 6 heteroatoms. The molecule has 0 aliphatic heterocycles. The molecule has 0 saturated heterocycles. The zero-order valence-electron chi connectivity index (χ0n) is 10.4. The standard InChI is InChI=1S/C13H15ClF3NO/c1-19-12(18)10(6-4-8-14)9-5-2-3-7-11(9)13(15,16)17/h2-3,5,7,10,18H,4,6,8H2,1H3. The van der Waals surface area contributed by atoms with Crippen LogP contribution in [0.4, 0.5) is 13.2 Å². The smallest absolute Gasteiger partial charge is 0.416 e. The van der Waals surface area contributed by atoms with Crippen molar-refractivity contribution in [3.05, 3.63) is 35.4 Å². The van der Waals surface area contributed by atoms with Crippen molar-refractivity contribution in [3.8, 4) is 0 Å². The van der Waals surface area contributed by atoms with Crippen LogP contribution < -0.4 is 0 Å². The molecule has 0 radical (unpaired) electrons. The van der Waals surface area contributed by atoms with Crippen LogP contribution in [-0.4, -0.2) is 18.9 Å². The van der Waals surface area contributed by atoms with Crippen molar-refractivity contribution >= 4 is 17.5 Å². The van der Waals surface area contributed by atoms with Gasteiger partial charge in [-0.15, -0.1) is 11.6 Å². The maximum Gasteiger partial charge on any atom is 0.416 e. The van der Waals surface area contributed by atoms with Crippen molar-refractivity contribution in [1.82, 2.24) is 0 Å². The molecule has 1 atom stereocenters. The van der Waals surface area contributed by atoms with Gasteiger partial charge in [-0.3, -0.25) is 5.41 Å². The molecule has 1 N–H and O–H groups in total. The molecule has 106 valence electrons. The summed E-state index contributed by atoms with van der Waals surface area (Å²) in [7, 11) is 1.28. The largest absolute Gasteiger partial charge is 0.484 e. The quantitative estimate of drug-likeness (QED) is 0.486. The van der Waals surface area contributed by atoms with Crippen LogP contribution >= 0.6 is 11.6 Å². The number of nitrogens with one attached hydrogen (secondary N) is 1. The van der Waals surface area contributed by atoms with E-state index in [1.807, 2.05) is 0 Å². The summed E-state index contributed by atoms with van der Waals surface area (Å²) in [5.41, 5.74) is -0.664. The number of methoxy groups -OCH3 is 1. The number of benzene rings is 1. The Hall–Kier alpha value is -1.23. The average Bonchev–Trinajstić information content (AvgIpc) is 2.38. The molecular formula is C13H15ClF3NO. The number of alkyl halides is 4. The summed E-state index contributed by atoms with van der Waals surface area (Å²) in [6, 6.07) is 5.27. The minimum atomic E-state index is -4.44. The molecule has 0 saturated carbocycles. The first kappa shape index (κ1) is 15.8. The Morgan fingerprint density at radius 1 is 1.37 bits per heavy atom. The maximum atomic E-state index is 13.0. The van der Waals surface area contributed by atoms with E-state index in [1.54, 1.807) is 0 Å². The van der Waals surface area contributed by atoms with Crippen LogP contribution in [0.5, 0.6) is 0 Å². The van der Waals surface area contributed by atoms with Crippen LogP contribution in [0.2, 0.25) is 0 Å². The van der Waals surface area contributed by atoms with Crippen molar-refractivity contribution in [2.75, 3.05) is 13.0 Å². The van der Waals surface area contributed by atoms with Gasteiger partial charge in [0, 0.05) is 5.88 Å². The second-order valence-corrected chi connectivity index (χ2v) is 4.42. The van der Waals surface area contributed by atoms with E-state index in [0.29, 0.717) is 18.7 Å². The maximum absolute atomic E-state index is 13.0. The third-order valence-electron chi connectivity index (χ3n) is 2.80. The predicted octanol–water partition coefficient (Wildman–Crippen LogP) is 4.43. The van der Waals surface area contributed by atoms with E-state index in [4.69, 9.17) is 21.7 Å². The predicted molar refractivity (Wildman–Crippen MR) is 68.9 cm³/mol. The summed E-state index contributed by atoms with van der Waals surface area (Å²) in [5.74, 6) is -0.565. The number of rotatable bonds is 5. The van der Waals surface area contributed by atoms with E-state index in [1.165, 1.54) is 25.3 Å². The van der Waals surface area contributed by atoms with Gasteiger partial charge in [0.15, 0.2) is 5.90 Å². The Bertz CT molecular complexity index is 434. The van der Waals surface area contributed by atoms with E-state index in [0.717, 1.165) is 6.07 Å². The summed E-state index contributed by atoms with van der Waals surface area (Å²) < 4.78 is 43.7. The molecule has 1 unspecified atom stereocenters. The Morgan fingerprint density at radius 2 is 2.00 bits per heavy atom. The second kappa shape index (κ2) is 6.80. The van der Waals surface area contributed by atoms with E-state index >= 15 is 0 Å². The van der Waals surface area contributed by atoms with Crippen LogP contribution in [0.15, 0.2) is 24.3 Å². The zero-order chi connectivity index (χ0) is 14.5. The lowest BCUT2D eigenvalue weighted by atomic mass is 9.90. The van der Waals surface area contributed by atoms with Gasteiger partial charge in [0.1, 0.15) is 0 Å². The van der Waals surface area contributed by atoms with Gasteiger partial charge in [0.05, 0.1) is 18.6 Å². The summed E-state index contributed by atoms with van der Waals surface area (Å²) in [5, 5.41) is 7.68. The lowest BCUT2D eigenvalue weighted by molar-refractivity contribution is -0.138. The highest BCUT2D eigenvalue weighted by Crippen LogP contribution is 2.37. The number of hydrogen-bond acceptors (Lipinski definition) is 2. The molecule has 0 bridgehead atoms. The van der Waals surface area contributed by atoms with E-state index in [2.05, 4.69) is 0 Å². The van der Waals surface area contributed by atoms with Crippen molar-refractivity contribution in [3.63, 3.8) is 0 Å². The fourth-order valence-electron chi connectivity index (χ4n) is 1.91. The molecule has 0 amide bonds. The molecule has 19 heavy (non-hydrogen) atoms. The van der Waals surface area contributed by atoms with Crippen molar-refractivity contribution in [2.45, 2.75) is 24.9 Å². The molecule has 0 aromatic heterocycles. The molecule has 0 aliphatic rings. The summed E-state index contributed by atoms with van der Waals surface area (Å²) in [4.78, 5) is 0. The highest BCUT2D eigenvalue weighted by Gasteiger charge is 2.35. The van der Waals surface area contributed by atoms with Crippen molar-refractivity contribution < 1.29 is 17.9 Å². The number of halogens is 4. The van der Waals surface area contributed by atoms with Gasteiger partial charge in [-0.1, -0.05) is 18.2 Å². The molecule has 0 fully saturated rings. The zero-order valence-corrected chi connectivity index (χ0v) is 11.2. The van der Waals surface area contributed by atoms with E-state index in [-0.39, 0.29) is 11.5 Å². The van der Waals surface area contributed by atoms with Gasteiger partial charge in [-0.25, -0.2) is 0 Å². The molecule has 1 aromatic carbocycles. The monoisotopic (exact) mass is 293 g/mol. The van der Waals surface area contributed by atoms with Gasteiger partial charge in [-0.05, 0) is 24.5 Å². The van der Waals surface area contributed by atoms with E-state index in [9.17, 15) is 13.2 Å². The lowest BCUT2D eigenvalue weighted by Crippen LogP contribution is -2.19. The summed E-state index contributed by atoms with van der Waals surface area (Å²) in [6.07, 6.45) is -3.57. The minimum Gasteiger partial charge on any atom is -0.484 e. The van der Waals surface area contributed by atoms with Crippen LogP contribution in [0.25, 0.3) is 0 Å². The summed E-state index contributed by atoms with van der Waals surface area (Å²) >= 11 is 5.58. The first-order valence-electron chi connectivity index (χ1n) is 5.76. The van der Waals surface area contributed by atoms with Gasteiger partial charge in [-0.2, -0.15) is 13.2 Å². The fourth-order valence-corrected chi connectivity index (χ4v) is 2.06. The topological polar surface area (TPSA) is 33.1 Å². The normalized spacial score (nSPS) is 13.1. The second-order valence-electron chi connectivity index (χ2n) is 4.04. The van der Waals surface area contributed by atoms with Gasteiger partial charge in [0.2, 0.25) is 0 Å². The van der Waals surface area contributed by atoms with Gasteiger partial charge < -0.3 is 4.74 Å². The van der Waals surface area contributed by atoms with E-state index < -0.39 is 17.7 Å². The Labute approximate surface area is 115 Å². The minimum absolute atomic E-state index is 0.0620. The van der Waals surface area contributed by atoms with Crippen LogP contribution in [0.3, 0.4) is 0 Å². The molecule has 1 rings (SSSR count). The lowest BCUT2D eigenvalue weighted by Gasteiger charge is -2.21. The van der Waals surface area contributed by atoms with Gasteiger partial charge in [0.25, 0.3) is 0 Å². The van der Waals surface area contributed by atoms with Crippen LogP contribution in [0, 0.1) is 5.41 Å². The first-order valence-corrected chi connectivity index (χ1v) is 6.29. The Kier molecular flexibility index (Phi) is 5.66. The molecule has 0 heterocycles. The van der Waals surface area contributed by atoms with Gasteiger partial charge >= 0.3 is 6.18 Å². The molecule has 0 aliphatic carbocycles. The average molecular weight is 294 g/mol. The number of ether oxygens (including phenoxy) is 1. The third-order valence-corrected chi connectivity index (χ3v) is 3.07. The summed E-state index contributed by atoms with van der Waals surface area (Å²) in [6.45, 7) is 0. The first-order chi connectivity index (χ1) is 8.91. The SMILES string of the molecule is COC(=N)C(CCCCl)c1ccccc1C(F)(F)F. The molecule has 2 nitrogen and oxygen atoms in total. The van der Waals surface area contributed by atoms with Crippen LogP contribution in [-0.2, 0) is 10.9 Å². The van der Waals surface area contributed by atoms with Crippen LogP contribution in [0.1, 0.15) is 29.9 Å². The molecule has 0 spiro atoms. The molecule has 1 aromatic rings. The Balaban J connectivity index is 3.18. The fraction of sp³-hybridized carbons (Fsp3) is 0.462. The Morgan fingerprint density at radius 3 is 2.53 bits per heavy atom. The van der Waals surface area contributed by atoms with Crippen molar-refractivity contribution in [2.24, 2.45) is 0 Å². The highest BCUT2D eigenvalue weighted by molar-refractivity contribution is 6.17.